The number of carbonyl (C=O) groups is 8. The van der Waals surface area contributed by atoms with Crippen molar-refractivity contribution in [3.05, 3.63) is 90.9 Å². The summed E-state index contributed by atoms with van der Waals surface area (Å²) in [5.41, 5.74) is 0.784. The molecular formula is C58H62Cl4N2O12. The molecule has 2 aliphatic rings. The van der Waals surface area contributed by atoms with Crippen LogP contribution in [-0.4, -0.2) is 95.3 Å². The lowest BCUT2D eigenvalue weighted by Gasteiger charge is -2.36. The molecule has 18 heteroatoms. The van der Waals surface area contributed by atoms with Gasteiger partial charge in [-0.05, 0) is 63.3 Å². The van der Waals surface area contributed by atoms with Crippen LogP contribution in [0.25, 0.3) is 43.1 Å². The molecule has 2 heterocycles. The van der Waals surface area contributed by atoms with Crippen LogP contribution in [0.1, 0.15) is 166 Å². The molecular weight excluding hydrogens is 1060 g/mol. The zero-order valence-corrected chi connectivity index (χ0v) is 46.7. The van der Waals surface area contributed by atoms with E-state index in [9.17, 15) is 38.4 Å². The van der Waals surface area contributed by atoms with Gasteiger partial charge in [-0.3, -0.25) is 38.6 Å². The lowest BCUT2D eigenvalue weighted by atomic mass is 9.81. The van der Waals surface area contributed by atoms with Gasteiger partial charge in [0.1, 0.15) is 19.8 Å². The van der Waals surface area contributed by atoms with Gasteiger partial charge >= 0.3 is 23.9 Å². The number of hydrogen-bond donors (Lipinski definition) is 0. The lowest BCUT2D eigenvalue weighted by Crippen LogP contribution is -2.49. The third kappa shape index (κ3) is 11.7. The fraction of sp³-hybridized carbons (Fsp3) is 0.448. The minimum absolute atomic E-state index is 0.0581. The lowest BCUT2D eigenvalue weighted by molar-refractivity contribution is -0.165. The molecule has 5 aromatic carbocycles. The van der Waals surface area contributed by atoms with Gasteiger partial charge in [0, 0.05) is 80.4 Å². The zero-order chi connectivity index (χ0) is 55.4. The van der Waals surface area contributed by atoms with Crippen LogP contribution in [0.5, 0.6) is 0 Å². The summed E-state index contributed by atoms with van der Waals surface area (Å²) in [7, 11) is 0. The van der Waals surface area contributed by atoms with E-state index < -0.39 is 92.3 Å². The molecule has 0 radical (unpaired) electrons. The van der Waals surface area contributed by atoms with Gasteiger partial charge < -0.3 is 18.9 Å². The highest BCUT2D eigenvalue weighted by Crippen LogP contribution is 2.54. The normalized spacial score (nSPS) is 13.9. The monoisotopic (exact) mass is 1120 g/mol. The molecule has 14 nitrogen and oxygen atoms in total. The van der Waals surface area contributed by atoms with Gasteiger partial charge in [0.15, 0.2) is 6.10 Å². The maximum atomic E-state index is 14.9. The van der Waals surface area contributed by atoms with E-state index >= 15 is 0 Å². The van der Waals surface area contributed by atoms with Gasteiger partial charge in [-0.15, -0.1) is 0 Å². The standard InChI is InChI=1S/C58H62Cl4N2O12/c1-9-11-13-15-17-32(18-16-14-12-10-2)63-53(67)35-22-39(59)47-49-41(61)24-37-46-38(25-42(62)50(52(46)49)48-40(60)23-36(54(63)68)45(35)51(47)48)56(70)64(55(37)69)33(21-29(3)4)26-73-43(65)19-20-44(66)76-34(27-74-57(71)30(5)6)28-75-58(72)31(7)8/h22-25,29,32-34H,5,7,9-21,26-28H2,1-4,6,8H3. The van der Waals surface area contributed by atoms with Gasteiger partial charge in [-0.1, -0.05) is 139 Å². The number of rotatable bonds is 26. The van der Waals surface area contributed by atoms with Crippen molar-refractivity contribution in [1.29, 1.82) is 0 Å². The molecule has 0 N–H and O–H groups in total. The van der Waals surface area contributed by atoms with Crippen LogP contribution in [0.15, 0.2) is 48.6 Å². The minimum atomic E-state index is -1.22. The Bertz CT molecular complexity index is 3050. The van der Waals surface area contributed by atoms with Crippen molar-refractivity contribution in [2.75, 3.05) is 19.8 Å². The van der Waals surface area contributed by atoms with Gasteiger partial charge in [0.2, 0.25) is 0 Å². The number of carbonyl (C=O) groups excluding carboxylic acids is 8. The number of halogens is 4. The number of esters is 4. The van der Waals surface area contributed by atoms with Crippen LogP contribution in [0.3, 0.4) is 0 Å². The molecule has 0 aliphatic carbocycles. The van der Waals surface area contributed by atoms with Gasteiger partial charge in [-0.25, -0.2) is 9.59 Å². The molecule has 4 amide bonds. The minimum Gasteiger partial charge on any atom is -0.463 e. The first-order valence-corrected chi connectivity index (χ1v) is 27.4. The average Bonchev–Trinajstić information content (AvgIpc) is 3.45. The Labute approximate surface area is 461 Å². The largest absolute Gasteiger partial charge is 0.463 e. The summed E-state index contributed by atoms with van der Waals surface area (Å²) in [4.78, 5) is 112. The Balaban J connectivity index is 1.20. The fourth-order valence-corrected chi connectivity index (χ4v) is 11.6. The number of amides is 4. The third-order valence-electron chi connectivity index (χ3n) is 13.9. The molecule has 0 saturated carbocycles. The van der Waals surface area contributed by atoms with Gasteiger partial charge in [0.25, 0.3) is 23.6 Å². The number of nitrogens with zero attached hydrogens (tertiary/aromatic N) is 2. The molecule has 1 atom stereocenters. The Morgan fingerprint density at radius 1 is 0.500 bits per heavy atom. The van der Waals surface area contributed by atoms with Crippen molar-refractivity contribution >= 4 is 137 Å². The Kier molecular flexibility index (Phi) is 18.8. The van der Waals surface area contributed by atoms with Gasteiger partial charge in [0.05, 0.1) is 41.1 Å². The molecule has 0 bridgehead atoms. The van der Waals surface area contributed by atoms with E-state index in [0.717, 1.165) is 56.3 Å². The van der Waals surface area contributed by atoms with E-state index in [1.807, 2.05) is 13.8 Å². The Hall–Kier alpha value is -5.80. The second-order valence-corrected chi connectivity index (χ2v) is 21.9. The second kappa shape index (κ2) is 24.7. The van der Waals surface area contributed by atoms with Crippen LogP contribution in [0.2, 0.25) is 20.1 Å². The molecule has 0 spiro atoms. The number of hydrogen-bond acceptors (Lipinski definition) is 12. The highest BCUT2D eigenvalue weighted by molar-refractivity contribution is 6.56. The first kappa shape index (κ1) is 57.9. The summed E-state index contributed by atoms with van der Waals surface area (Å²) in [5.74, 6) is -5.73. The van der Waals surface area contributed by atoms with Crippen LogP contribution in [0.4, 0.5) is 0 Å². The third-order valence-corrected chi connectivity index (χ3v) is 15.1. The molecule has 5 aromatic rings. The molecule has 1 unspecified atom stereocenters. The van der Waals surface area contributed by atoms with Crippen molar-refractivity contribution in [1.82, 2.24) is 9.80 Å². The molecule has 76 heavy (non-hydrogen) atoms. The predicted molar refractivity (Wildman–Crippen MR) is 295 cm³/mol. The van der Waals surface area contributed by atoms with E-state index in [2.05, 4.69) is 27.0 Å². The van der Waals surface area contributed by atoms with Crippen molar-refractivity contribution in [2.24, 2.45) is 5.92 Å². The van der Waals surface area contributed by atoms with Crippen LogP contribution < -0.4 is 0 Å². The van der Waals surface area contributed by atoms with E-state index in [0.29, 0.717) is 50.5 Å². The summed E-state index contributed by atoms with van der Waals surface area (Å²) < 4.78 is 21.2. The first-order valence-electron chi connectivity index (χ1n) is 25.9. The maximum absolute atomic E-state index is 14.9. The van der Waals surface area contributed by atoms with E-state index in [-0.39, 0.29) is 77.3 Å². The smallest absolute Gasteiger partial charge is 0.333 e. The summed E-state index contributed by atoms with van der Waals surface area (Å²) in [5, 5.41) is 3.19. The summed E-state index contributed by atoms with van der Waals surface area (Å²) in [6.07, 6.45) is 7.26. The van der Waals surface area contributed by atoms with Crippen molar-refractivity contribution in [3.63, 3.8) is 0 Å². The summed E-state index contributed by atoms with van der Waals surface area (Å²) >= 11 is 29.2. The number of imide groups is 2. The van der Waals surface area contributed by atoms with Crippen LogP contribution >= 0.6 is 46.4 Å². The predicted octanol–water partition coefficient (Wildman–Crippen LogP) is 13.7. The van der Waals surface area contributed by atoms with Crippen LogP contribution in [-0.2, 0) is 38.1 Å². The molecule has 0 aromatic heterocycles. The fourth-order valence-electron chi connectivity index (χ4n) is 10.4. The van der Waals surface area contributed by atoms with E-state index in [1.54, 1.807) is 12.1 Å². The molecule has 7 rings (SSSR count). The van der Waals surface area contributed by atoms with Crippen molar-refractivity contribution in [2.45, 2.75) is 143 Å². The molecule has 0 saturated heterocycles. The highest BCUT2D eigenvalue weighted by atomic mass is 35.5. The van der Waals surface area contributed by atoms with Crippen LogP contribution in [0, 0.1) is 5.92 Å². The van der Waals surface area contributed by atoms with Crippen molar-refractivity contribution < 1.29 is 57.3 Å². The number of unbranched alkanes of at least 4 members (excludes halogenated alkanes) is 6. The van der Waals surface area contributed by atoms with E-state index in [4.69, 9.17) is 65.4 Å². The van der Waals surface area contributed by atoms with E-state index in [1.165, 1.54) is 30.9 Å². The zero-order valence-electron chi connectivity index (χ0n) is 43.7. The molecule has 404 valence electrons. The Morgan fingerprint density at radius 3 is 1.22 bits per heavy atom. The molecule has 0 fully saturated rings. The summed E-state index contributed by atoms with van der Waals surface area (Å²) in [6.45, 7) is 16.5. The quantitative estimate of drug-likeness (QED) is 0.00974. The number of benzene rings is 5. The molecule has 2 aliphatic heterocycles. The SMILES string of the molecule is C=C(C)C(=O)OCC(COC(=O)C(=C)C)OC(=O)CCC(=O)OCC(CC(C)C)N1C(=O)c2cc(Cl)c3c4c(Cl)cc5c6c(cc(Cl)c(c7c(Cl)cc(c2c37)C1=O)c64)C(=O)N(C(CCCCCC)CCCCCC)C5=O. The number of ether oxygens (including phenoxy) is 4. The van der Waals surface area contributed by atoms with Gasteiger partial charge in [-0.2, -0.15) is 0 Å². The highest BCUT2D eigenvalue weighted by Gasteiger charge is 2.43. The average molecular weight is 1120 g/mol. The maximum Gasteiger partial charge on any atom is 0.333 e. The Morgan fingerprint density at radius 2 is 0.868 bits per heavy atom. The number of fused-ring (bicyclic) bond motifs is 2. The van der Waals surface area contributed by atoms with Crippen molar-refractivity contribution in [3.8, 4) is 0 Å². The first-order chi connectivity index (χ1) is 36.1. The summed E-state index contributed by atoms with van der Waals surface area (Å²) in [6, 6.07) is 4.71. The second-order valence-electron chi connectivity index (χ2n) is 20.3. The topological polar surface area (TPSA) is 180 Å².